The Morgan fingerprint density at radius 3 is 2.70 bits per heavy atom. The second-order valence-corrected chi connectivity index (χ2v) is 7.90. The van der Waals surface area contributed by atoms with Crippen LogP contribution in [-0.4, -0.2) is 50.3 Å². The van der Waals surface area contributed by atoms with Gasteiger partial charge in [0.15, 0.2) is 5.82 Å². The zero-order valence-corrected chi connectivity index (χ0v) is 17.1. The summed E-state index contributed by atoms with van der Waals surface area (Å²) in [7, 11) is 0. The molecule has 7 heteroatoms. The lowest BCUT2D eigenvalue weighted by Crippen LogP contribution is -2.48. The van der Waals surface area contributed by atoms with Crippen LogP contribution < -0.4 is 0 Å². The van der Waals surface area contributed by atoms with Crippen molar-refractivity contribution < 1.29 is 9.53 Å². The van der Waals surface area contributed by atoms with Crippen molar-refractivity contribution in [3.63, 3.8) is 0 Å². The summed E-state index contributed by atoms with van der Waals surface area (Å²) in [4.78, 5) is 24.3. The number of likely N-dealkylation sites (tertiary alicyclic amines) is 1. The summed E-state index contributed by atoms with van der Waals surface area (Å²) in [6, 6.07) is 10.0. The maximum Gasteiger partial charge on any atom is 0.257 e. The molecular weight excluding hydrogens is 378 g/mol. The highest BCUT2D eigenvalue weighted by molar-refractivity contribution is 5.93. The third-order valence-corrected chi connectivity index (χ3v) is 6.14. The Morgan fingerprint density at radius 1 is 1.17 bits per heavy atom. The summed E-state index contributed by atoms with van der Waals surface area (Å²) in [6.07, 6.45) is 7.72. The van der Waals surface area contributed by atoms with Crippen molar-refractivity contribution in [2.75, 3.05) is 19.7 Å². The number of aromatic nitrogens is 4. The third-order valence-electron chi connectivity index (χ3n) is 6.14. The first kappa shape index (κ1) is 18.9. The standard InChI is InChI=1S/C23H25N5O2/c1-2-28-16-19(15-25-28)22(29)27-11-9-23(10-12-27)20-18(8-13-30-23)14-24-21(26-20)17-6-4-3-5-7-17/h3-7,14-16H,2,8-13H2,1H3. The summed E-state index contributed by atoms with van der Waals surface area (Å²) in [5.41, 5.74) is 3.36. The number of rotatable bonds is 3. The molecule has 1 saturated heterocycles. The molecule has 0 atom stereocenters. The second kappa shape index (κ2) is 7.65. The fourth-order valence-electron chi connectivity index (χ4n) is 4.42. The number of hydrogen-bond donors (Lipinski definition) is 0. The van der Waals surface area contributed by atoms with Gasteiger partial charge in [0.1, 0.15) is 5.60 Å². The fraction of sp³-hybridized carbons (Fsp3) is 0.391. The number of fused-ring (bicyclic) bond motifs is 2. The molecule has 0 aliphatic carbocycles. The van der Waals surface area contributed by atoms with Gasteiger partial charge >= 0.3 is 0 Å². The predicted molar refractivity (Wildman–Crippen MR) is 112 cm³/mol. The van der Waals surface area contributed by atoms with E-state index in [4.69, 9.17) is 9.72 Å². The zero-order chi connectivity index (χ0) is 20.6. The third kappa shape index (κ3) is 3.29. The molecule has 3 aromatic rings. The number of carbonyl (C=O) groups is 1. The van der Waals surface area contributed by atoms with Crippen LogP contribution in [0.5, 0.6) is 0 Å². The summed E-state index contributed by atoms with van der Waals surface area (Å²) in [5, 5.41) is 4.23. The van der Waals surface area contributed by atoms with Crippen LogP contribution in [0.2, 0.25) is 0 Å². The molecule has 2 aromatic heterocycles. The Labute approximate surface area is 175 Å². The largest absolute Gasteiger partial charge is 0.368 e. The second-order valence-electron chi connectivity index (χ2n) is 7.90. The topological polar surface area (TPSA) is 73.1 Å². The molecule has 2 aliphatic rings. The lowest BCUT2D eigenvalue weighted by molar-refractivity contribution is -0.0967. The number of amides is 1. The number of hydrogen-bond acceptors (Lipinski definition) is 5. The number of carbonyl (C=O) groups excluding carboxylic acids is 1. The smallest absolute Gasteiger partial charge is 0.257 e. The van der Waals surface area contributed by atoms with E-state index in [9.17, 15) is 4.79 Å². The molecular formula is C23H25N5O2. The van der Waals surface area contributed by atoms with Gasteiger partial charge in [-0.05, 0) is 31.7 Å². The Hall–Kier alpha value is -3.06. The average molecular weight is 403 g/mol. The summed E-state index contributed by atoms with van der Waals surface area (Å²) in [6.45, 7) is 4.71. The average Bonchev–Trinajstić information content (AvgIpc) is 3.29. The molecule has 0 saturated carbocycles. The van der Waals surface area contributed by atoms with Crippen molar-refractivity contribution in [3.05, 3.63) is 65.7 Å². The monoisotopic (exact) mass is 403 g/mol. The van der Waals surface area contributed by atoms with Crippen LogP contribution in [0.3, 0.4) is 0 Å². The predicted octanol–water partition coefficient (Wildman–Crippen LogP) is 3.06. The maximum atomic E-state index is 12.9. The fourth-order valence-corrected chi connectivity index (χ4v) is 4.42. The zero-order valence-electron chi connectivity index (χ0n) is 17.1. The van der Waals surface area contributed by atoms with Crippen LogP contribution in [0.1, 0.15) is 41.4 Å². The van der Waals surface area contributed by atoms with E-state index >= 15 is 0 Å². The van der Waals surface area contributed by atoms with Crippen LogP contribution in [0.4, 0.5) is 0 Å². The number of ether oxygens (including phenoxy) is 1. The highest BCUT2D eigenvalue weighted by Crippen LogP contribution is 2.41. The van der Waals surface area contributed by atoms with E-state index in [0.717, 1.165) is 48.5 Å². The van der Waals surface area contributed by atoms with Gasteiger partial charge in [-0.1, -0.05) is 30.3 Å². The first-order chi connectivity index (χ1) is 14.7. The summed E-state index contributed by atoms with van der Waals surface area (Å²) in [5.74, 6) is 0.762. The van der Waals surface area contributed by atoms with Gasteiger partial charge in [0.25, 0.3) is 5.91 Å². The van der Waals surface area contributed by atoms with Gasteiger partial charge in [-0.15, -0.1) is 0 Å². The van der Waals surface area contributed by atoms with Crippen molar-refractivity contribution in [1.82, 2.24) is 24.6 Å². The molecule has 0 bridgehead atoms. The van der Waals surface area contributed by atoms with E-state index in [1.165, 1.54) is 0 Å². The number of piperidine rings is 1. The summed E-state index contributed by atoms with van der Waals surface area (Å²) < 4.78 is 8.11. The van der Waals surface area contributed by atoms with Gasteiger partial charge in [-0.25, -0.2) is 9.97 Å². The van der Waals surface area contributed by atoms with Crippen LogP contribution in [-0.2, 0) is 23.3 Å². The van der Waals surface area contributed by atoms with Crippen LogP contribution in [0, 0.1) is 0 Å². The van der Waals surface area contributed by atoms with E-state index < -0.39 is 5.60 Å². The van der Waals surface area contributed by atoms with Crippen LogP contribution in [0.15, 0.2) is 48.9 Å². The van der Waals surface area contributed by atoms with Crippen molar-refractivity contribution in [2.45, 2.75) is 38.3 Å². The molecule has 1 aromatic carbocycles. The van der Waals surface area contributed by atoms with Gasteiger partial charge in [0, 0.05) is 37.6 Å². The van der Waals surface area contributed by atoms with Crippen molar-refractivity contribution in [3.8, 4) is 11.4 Å². The molecule has 5 rings (SSSR count). The Bertz CT molecular complexity index is 1050. The lowest BCUT2D eigenvalue weighted by Gasteiger charge is -2.44. The van der Waals surface area contributed by atoms with Crippen molar-refractivity contribution in [2.24, 2.45) is 0 Å². The van der Waals surface area contributed by atoms with Crippen LogP contribution in [0.25, 0.3) is 11.4 Å². The van der Waals surface area contributed by atoms with E-state index in [-0.39, 0.29) is 5.91 Å². The molecule has 2 aliphatic heterocycles. The van der Waals surface area contributed by atoms with Crippen molar-refractivity contribution >= 4 is 5.91 Å². The minimum absolute atomic E-state index is 0.0354. The molecule has 0 N–H and O–H groups in total. The normalized spacial score (nSPS) is 17.7. The van der Waals surface area contributed by atoms with Gasteiger partial charge < -0.3 is 9.64 Å². The Balaban J connectivity index is 1.39. The quantitative estimate of drug-likeness (QED) is 0.672. The number of aryl methyl sites for hydroxylation is 1. The molecule has 4 heterocycles. The first-order valence-corrected chi connectivity index (χ1v) is 10.6. The molecule has 1 amide bonds. The van der Waals surface area contributed by atoms with Crippen molar-refractivity contribution in [1.29, 1.82) is 0 Å². The van der Waals surface area contributed by atoms with E-state index in [2.05, 4.69) is 10.1 Å². The maximum absolute atomic E-state index is 12.9. The van der Waals surface area contributed by atoms with E-state index in [1.807, 2.05) is 54.5 Å². The Kier molecular flexibility index (Phi) is 4.83. The number of benzene rings is 1. The minimum Gasteiger partial charge on any atom is -0.368 e. The highest BCUT2D eigenvalue weighted by atomic mass is 16.5. The molecule has 7 nitrogen and oxygen atoms in total. The lowest BCUT2D eigenvalue weighted by atomic mass is 9.83. The van der Waals surface area contributed by atoms with Gasteiger partial charge in [0.2, 0.25) is 0 Å². The molecule has 30 heavy (non-hydrogen) atoms. The SMILES string of the molecule is CCn1cc(C(=O)N2CCC3(CC2)OCCc2cnc(-c4ccccc4)nc23)cn1. The first-order valence-electron chi connectivity index (χ1n) is 10.6. The van der Waals surface area contributed by atoms with Crippen LogP contribution >= 0.6 is 0 Å². The van der Waals surface area contributed by atoms with Gasteiger partial charge in [-0.3, -0.25) is 9.48 Å². The highest BCUT2D eigenvalue weighted by Gasteiger charge is 2.43. The van der Waals surface area contributed by atoms with Gasteiger partial charge in [-0.2, -0.15) is 5.10 Å². The number of nitrogens with zero attached hydrogens (tertiary/aromatic N) is 5. The molecule has 1 fully saturated rings. The molecule has 1 spiro atoms. The molecule has 0 radical (unpaired) electrons. The minimum atomic E-state index is -0.440. The molecule has 0 unspecified atom stereocenters. The van der Waals surface area contributed by atoms with E-state index in [0.29, 0.717) is 25.3 Å². The van der Waals surface area contributed by atoms with Gasteiger partial charge in [0.05, 0.1) is 24.1 Å². The summed E-state index contributed by atoms with van der Waals surface area (Å²) >= 11 is 0. The molecule has 154 valence electrons. The van der Waals surface area contributed by atoms with E-state index in [1.54, 1.807) is 10.9 Å². The Morgan fingerprint density at radius 2 is 1.97 bits per heavy atom.